The van der Waals surface area contributed by atoms with Crippen molar-refractivity contribution in [3.63, 3.8) is 0 Å². The number of likely N-dealkylation sites (N-methyl/N-ethyl adjacent to an activating group) is 1. The fourth-order valence-corrected chi connectivity index (χ4v) is 6.88. The van der Waals surface area contributed by atoms with Gasteiger partial charge in [0.2, 0.25) is 5.43 Å². The molecule has 15 nitrogen and oxygen atoms in total. The van der Waals surface area contributed by atoms with Crippen molar-refractivity contribution < 1.29 is 24.6 Å². The van der Waals surface area contributed by atoms with Crippen LogP contribution in [0, 0.1) is 5.92 Å². The van der Waals surface area contributed by atoms with Gasteiger partial charge in [-0.05, 0) is 24.3 Å². The molecule has 0 bridgehead atoms. The zero-order valence-corrected chi connectivity index (χ0v) is 26.1. The molecule has 1 fully saturated rings. The third kappa shape index (κ3) is 5.79. The van der Waals surface area contributed by atoms with Crippen LogP contribution in [0.15, 0.2) is 75.5 Å². The maximum atomic E-state index is 13.0. The minimum absolute atomic E-state index is 0.0811. The molecule has 7 rings (SSSR count). The number of pyridine rings is 4. The van der Waals surface area contributed by atoms with Gasteiger partial charge in [0.1, 0.15) is 17.2 Å². The Morgan fingerprint density at radius 2 is 1.62 bits per heavy atom. The molecule has 238 valence electrons. The van der Waals surface area contributed by atoms with Crippen molar-refractivity contribution in [1.29, 1.82) is 0 Å². The van der Waals surface area contributed by atoms with Crippen molar-refractivity contribution in [3.8, 4) is 10.3 Å². The van der Waals surface area contributed by atoms with Crippen LogP contribution in [-0.2, 0) is 9.59 Å². The molecule has 6 aromatic rings. The van der Waals surface area contributed by atoms with Crippen molar-refractivity contribution in [1.82, 2.24) is 29.1 Å². The molecule has 47 heavy (non-hydrogen) atoms. The van der Waals surface area contributed by atoms with Gasteiger partial charge in [0, 0.05) is 74.3 Å². The Balaban J connectivity index is 0.00000124. The summed E-state index contributed by atoms with van der Waals surface area (Å²) in [7, 11) is 1.90. The quantitative estimate of drug-likeness (QED) is 0.250. The second-order valence-corrected chi connectivity index (χ2v) is 12.2. The van der Waals surface area contributed by atoms with Gasteiger partial charge >= 0.3 is 12.1 Å². The fourth-order valence-electron chi connectivity index (χ4n) is 5.63. The minimum Gasteiger partial charge on any atom is -0.477 e. The van der Waals surface area contributed by atoms with Gasteiger partial charge in [0.15, 0.2) is 27.0 Å². The number of anilines is 2. The van der Waals surface area contributed by atoms with Gasteiger partial charge in [-0.25, -0.2) is 24.7 Å². The van der Waals surface area contributed by atoms with Crippen LogP contribution in [-0.4, -0.2) is 84.2 Å². The highest BCUT2D eigenvalue weighted by atomic mass is 32.1. The predicted molar refractivity (Wildman–Crippen MR) is 173 cm³/mol. The van der Waals surface area contributed by atoms with Crippen LogP contribution in [0.1, 0.15) is 10.4 Å². The number of nitrogens with zero attached hydrogens (tertiary/aromatic N) is 8. The average Bonchev–Trinajstić information content (AvgIpc) is 3.88. The van der Waals surface area contributed by atoms with E-state index < -0.39 is 11.4 Å². The standard InChI is InChI=1S/C29H24N8O5S2.CO2/c1-34(22-4-2-17-21(39)6-9-36(25(17)32-22)28-30-7-10-43-28)20-14-35(12-16(20)15-38)23-5-3-18-24(40)19(27(41)42)13-37(26(18)33-23)29-31-8-11-44-29;2-1-3/h2-11,13,16,20,38H,12,14-15H2,1H3,(H,41,42);/t16-,20+;/m1./s1. The summed E-state index contributed by atoms with van der Waals surface area (Å²) < 4.78 is 3.32. The molecule has 0 aliphatic carbocycles. The second-order valence-electron chi connectivity index (χ2n) is 10.4. The molecule has 0 aromatic carbocycles. The number of carbonyl (C=O) groups excluding carboxylic acids is 2. The Kier molecular flexibility index (Phi) is 8.69. The highest BCUT2D eigenvalue weighted by Crippen LogP contribution is 2.30. The number of carbonyl (C=O) groups is 1. The first kappa shape index (κ1) is 31.4. The summed E-state index contributed by atoms with van der Waals surface area (Å²) >= 11 is 2.73. The average molecular weight is 673 g/mol. The number of hydrogen-bond acceptors (Lipinski definition) is 14. The van der Waals surface area contributed by atoms with Gasteiger partial charge in [-0.2, -0.15) is 9.59 Å². The van der Waals surface area contributed by atoms with E-state index in [0.29, 0.717) is 51.7 Å². The highest BCUT2D eigenvalue weighted by Gasteiger charge is 2.36. The number of carboxylic acid groups (broad SMARTS) is 1. The van der Waals surface area contributed by atoms with E-state index in [9.17, 15) is 24.6 Å². The van der Waals surface area contributed by atoms with Crippen LogP contribution in [0.3, 0.4) is 0 Å². The van der Waals surface area contributed by atoms with Gasteiger partial charge in [-0.15, -0.1) is 22.7 Å². The lowest BCUT2D eigenvalue weighted by atomic mass is 10.0. The molecule has 0 unspecified atom stereocenters. The molecule has 0 amide bonds. The normalized spacial score (nSPS) is 15.7. The monoisotopic (exact) mass is 672 g/mol. The first-order chi connectivity index (χ1) is 22.7. The lowest BCUT2D eigenvalue weighted by Crippen LogP contribution is -2.40. The number of aromatic nitrogens is 6. The topological polar surface area (TPSA) is 194 Å². The van der Waals surface area contributed by atoms with Crippen LogP contribution in [0.25, 0.3) is 32.3 Å². The van der Waals surface area contributed by atoms with Gasteiger partial charge in [0.05, 0.1) is 16.8 Å². The highest BCUT2D eigenvalue weighted by molar-refractivity contribution is 7.12. The summed E-state index contributed by atoms with van der Waals surface area (Å²) in [6, 6.07) is 8.17. The number of hydrogen-bond donors (Lipinski definition) is 2. The van der Waals surface area contributed by atoms with Crippen molar-refractivity contribution in [3.05, 3.63) is 91.9 Å². The molecule has 0 radical (unpaired) electrons. The van der Waals surface area contributed by atoms with E-state index in [1.165, 1.54) is 39.5 Å². The van der Waals surface area contributed by atoms with Gasteiger partial charge < -0.3 is 20.0 Å². The molecular formula is C30H24N8O7S2. The molecule has 17 heteroatoms. The Labute approximate surface area is 272 Å². The first-order valence-electron chi connectivity index (χ1n) is 14.0. The SMILES string of the molecule is CN(c1ccc2c(=O)ccn(-c3nccs3)c2n1)[C@H]1CN(c2ccc3c(=O)c(C(=O)O)cn(-c4nccs4)c3n2)C[C@@H]1CO.O=C=O. The second kappa shape index (κ2) is 13.0. The summed E-state index contributed by atoms with van der Waals surface area (Å²) in [5, 5.41) is 25.4. The smallest absolute Gasteiger partial charge is 0.373 e. The maximum Gasteiger partial charge on any atom is 0.373 e. The van der Waals surface area contributed by atoms with E-state index in [1.54, 1.807) is 52.8 Å². The van der Waals surface area contributed by atoms with Crippen molar-refractivity contribution in [2.24, 2.45) is 5.92 Å². The molecule has 6 aromatic heterocycles. The van der Waals surface area contributed by atoms with Crippen molar-refractivity contribution in [2.45, 2.75) is 6.04 Å². The van der Waals surface area contributed by atoms with E-state index in [2.05, 4.69) is 9.97 Å². The number of fused-ring (bicyclic) bond motifs is 2. The Bertz CT molecular complexity index is 2250. The molecule has 0 spiro atoms. The van der Waals surface area contributed by atoms with E-state index in [-0.39, 0.29) is 41.1 Å². The predicted octanol–water partition coefficient (Wildman–Crippen LogP) is 2.05. The van der Waals surface area contributed by atoms with E-state index in [0.717, 1.165) is 0 Å². The van der Waals surface area contributed by atoms with Gasteiger partial charge in [-0.3, -0.25) is 18.7 Å². The van der Waals surface area contributed by atoms with Crippen LogP contribution in [0.2, 0.25) is 0 Å². The van der Waals surface area contributed by atoms with Crippen LogP contribution in [0.5, 0.6) is 0 Å². The lowest BCUT2D eigenvalue weighted by molar-refractivity contribution is -0.191. The van der Waals surface area contributed by atoms with Crippen molar-refractivity contribution in [2.75, 3.05) is 36.5 Å². The van der Waals surface area contributed by atoms with E-state index >= 15 is 0 Å². The molecular weight excluding hydrogens is 649 g/mol. The third-order valence-corrected chi connectivity index (χ3v) is 9.41. The maximum absolute atomic E-state index is 13.0. The van der Waals surface area contributed by atoms with Gasteiger partial charge in [0.25, 0.3) is 0 Å². The molecule has 7 heterocycles. The number of aliphatic hydroxyl groups excluding tert-OH is 1. The van der Waals surface area contributed by atoms with Crippen LogP contribution >= 0.6 is 22.7 Å². The van der Waals surface area contributed by atoms with E-state index in [1.807, 2.05) is 22.2 Å². The molecule has 2 atom stereocenters. The summed E-state index contributed by atoms with van der Waals surface area (Å²) in [4.78, 5) is 76.0. The minimum atomic E-state index is -1.33. The zero-order chi connectivity index (χ0) is 33.2. The molecule has 2 N–H and O–H groups in total. The van der Waals surface area contributed by atoms with Gasteiger partial charge in [-0.1, -0.05) is 0 Å². The number of aliphatic hydroxyl groups is 1. The lowest BCUT2D eigenvalue weighted by Gasteiger charge is -2.29. The molecule has 1 saturated heterocycles. The van der Waals surface area contributed by atoms with Crippen LogP contribution < -0.4 is 20.7 Å². The summed E-state index contributed by atoms with van der Waals surface area (Å²) in [6.07, 6.45) is 6.47. The van der Waals surface area contributed by atoms with E-state index in [4.69, 9.17) is 19.6 Å². The summed E-state index contributed by atoms with van der Waals surface area (Å²) in [5.74, 6) is -0.288. The third-order valence-electron chi connectivity index (χ3n) is 7.87. The Hall–Kier alpha value is -5.61. The summed E-state index contributed by atoms with van der Waals surface area (Å²) in [5.41, 5.74) is -0.340. The Morgan fingerprint density at radius 1 is 0.957 bits per heavy atom. The summed E-state index contributed by atoms with van der Waals surface area (Å²) in [6.45, 7) is 0.890. The Morgan fingerprint density at radius 3 is 2.26 bits per heavy atom. The van der Waals surface area contributed by atoms with Crippen molar-refractivity contribution >= 4 is 68.5 Å². The number of thiazole rings is 2. The van der Waals surface area contributed by atoms with Crippen LogP contribution in [0.4, 0.5) is 11.6 Å². The molecule has 1 aliphatic rings. The number of rotatable bonds is 7. The molecule has 1 aliphatic heterocycles. The number of aromatic carboxylic acids is 1. The zero-order valence-electron chi connectivity index (χ0n) is 24.5. The first-order valence-corrected chi connectivity index (χ1v) is 15.7. The molecule has 0 saturated carbocycles. The fraction of sp³-hybridized carbons (Fsp3) is 0.200. The largest absolute Gasteiger partial charge is 0.477 e. The number of carboxylic acids is 1.